The molecule has 0 saturated heterocycles. The van der Waals surface area contributed by atoms with Gasteiger partial charge < -0.3 is 10.4 Å². The number of benzene rings is 1. The van der Waals surface area contributed by atoms with Gasteiger partial charge in [0.2, 0.25) is 5.91 Å². The Labute approximate surface area is 122 Å². The van der Waals surface area contributed by atoms with Gasteiger partial charge in [-0.3, -0.25) is 14.6 Å². The number of hydrogen-bond acceptors (Lipinski definition) is 3. The summed E-state index contributed by atoms with van der Waals surface area (Å²) in [4.78, 5) is 27.5. The van der Waals surface area contributed by atoms with Gasteiger partial charge in [-0.2, -0.15) is 0 Å². The predicted molar refractivity (Wildman–Crippen MR) is 78.8 cm³/mol. The van der Waals surface area contributed by atoms with Gasteiger partial charge in [0.1, 0.15) is 0 Å². The molecule has 21 heavy (non-hydrogen) atoms. The monoisotopic (exact) mass is 284 g/mol. The molecule has 1 aliphatic carbocycles. The molecule has 0 unspecified atom stereocenters. The van der Waals surface area contributed by atoms with Gasteiger partial charge in [0.15, 0.2) is 0 Å². The summed E-state index contributed by atoms with van der Waals surface area (Å²) in [6, 6.07) is 9.31. The maximum atomic E-state index is 12.3. The number of fused-ring (bicyclic) bond motifs is 1. The lowest BCUT2D eigenvalue weighted by molar-refractivity contribution is -0.141. The summed E-state index contributed by atoms with van der Waals surface area (Å²) in [5.74, 6) is -1.53. The fourth-order valence-corrected chi connectivity index (χ4v) is 2.89. The average molecular weight is 284 g/mol. The van der Waals surface area contributed by atoms with E-state index in [-0.39, 0.29) is 11.8 Å². The van der Waals surface area contributed by atoms with Crippen molar-refractivity contribution < 1.29 is 14.7 Å². The fraction of sp³-hybridized carbons (Fsp3) is 0.312. The molecule has 0 radical (unpaired) electrons. The van der Waals surface area contributed by atoms with Gasteiger partial charge in [-0.1, -0.05) is 6.07 Å². The van der Waals surface area contributed by atoms with Crippen LogP contribution in [0.3, 0.4) is 0 Å². The van der Waals surface area contributed by atoms with Crippen LogP contribution in [0.5, 0.6) is 0 Å². The summed E-state index contributed by atoms with van der Waals surface area (Å²) in [6.07, 6.45) is 3.34. The van der Waals surface area contributed by atoms with Crippen molar-refractivity contribution in [3.63, 3.8) is 0 Å². The third-order valence-electron chi connectivity index (χ3n) is 4.06. The topological polar surface area (TPSA) is 79.3 Å². The number of carbonyl (C=O) groups is 2. The fourth-order valence-electron chi connectivity index (χ4n) is 2.89. The highest BCUT2D eigenvalue weighted by atomic mass is 16.4. The summed E-state index contributed by atoms with van der Waals surface area (Å²) in [5, 5.41) is 12.8. The van der Waals surface area contributed by atoms with E-state index in [1.807, 2.05) is 30.3 Å². The molecular weight excluding hydrogens is 268 g/mol. The quantitative estimate of drug-likeness (QED) is 0.908. The Morgan fingerprint density at radius 3 is 2.71 bits per heavy atom. The van der Waals surface area contributed by atoms with E-state index in [2.05, 4.69) is 10.3 Å². The third kappa shape index (κ3) is 2.72. The lowest BCUT2D eigenvalue weighted by atomic mass is 10.0. The highest BCUT2D eigenvalue weighted by Crippen LogP contribution is 2.32. The molecule has 0 bridgehead atoms. The van der Waals surface area contributed by atoms with Crippen LogP contribution in [0.2, 0.25) is 0 Å². The van der Waals surface area contributed by atoms with Gasteiger partial charge >= 0.3 is 5.97 Å². The molecule has 1 aromatic carbocycles. The molecule has 2 N–H and O–H groups in total. The maximum Gasteiger partial charge on any atom is 0.306 e. The first kappa shape index (κ1) is 13.5. The van der Waals surface area contributed by atoms with Crippen molar-refractivity contribution in [2.75, 3.05) is 5.32 Å². The Morgan fingerprint density at radius 1 is 1.14 bits per heavy atom. The van der Waals surface area contributed by atoms with E-state index in [1.165, 1.54) is 0 Å². The summed E-state index contributed by atoms with van der Waals surface area (Å²) >= 11 is 0. The van der Waals surface area contributed by atoms with Crippen molar-refractivity contribution in [3.8, 4) is 0 Å². The maximum absolute atomic E-state index is 12.3. The van der Waals surface area contributed by atoms with Crippen LogP contribution in [0, 0.1) is 11.8 Å². The van der Waals surface area contributed by atoms with Gasteiger partial charge in [-0.15, -0.1) is 0 Å². The van der Waals surface area contributed by atoms with Gasteiger partial charge in [-0.05, 0) is 43.5 Å². The number of nitrogens with zero attached hydrogens (tertiary/aromatic N) is 1. The molecule has 1 saturated carbocycles. The molecule has 5 heteroatoms. The van der Waals surface area contributed by atoms with Crippen molar-refractivity contribution in [2.24, 2.45) is 11.8 Å². The summed E-state index contributed by atoms with van der Waals surface area (Å²) in [6.45, 7) is 0. The smallest absolute Gasteiger partial charge is 0.306 e. The lowest BCUT2D eigenvalue weighted by Gasteiger charge is -2.12. The summed E-state index contributed by atoms with van der Waals surface area (Å²) < 4.78 is 0. The molecule has 0 aliphatic heterocycles. The van der Waals surface area contributed by atoms with Gasteiger partial charge in [0, 0.05) is 17.5 Å². The van der Waals surface area contributed by atoms with Crippen LogP contribution in [0.4, 0.5) is 5.69 Å². The second kappa shape index (κ2) is 5.52. The van der Waals surface area contributed by atoms with Crippen molar-refractivity contribution in [1.29, 1.82) is 0 Å². The van der Waals surface area contributed by atoms with Crippen molar-refractivity contribution in [2.45, 2.75) is 19.3 Å². The van der Waals surface area contributed by atoms with Crippen LogP contribution in [0.1, 0.15) is 19.3 Å². The number of anilines is 1. The highest BCUT2D eigenvalue weighted by molar-refractivity contribution is 6.01. The number of carboxylic acids is 1. The molecule has 2 aromatic rings. The zero-order chi connectivity index (χ0) is 14.8. The number of aromatic nitrogens is 1. The van der Waals surface area contributed by atoms with Crippen LogP contribution >= 0.6 is 0 Å². The highest BCUT2D eigenvalue weighted by Gasteiger charge is 2.33. The van der Waals surface area contributed by atoms with Crippen LogP contribution < -0.4 is 5.32 Å². The average Bonchev–Trinajstić information content (AvgIpc) is 2.98. The van der Waals surface area contributed by atoms with Crippen molar-refractivity contribution in [3.05, 3.63) is 36.5 Å². The Bertz CT molecular complexity index is 693. The van der Waals surface area contributed by atoms with E-state index >= 15 is 0 Å². The minimum Gasteiger partial charge on any atom is -0.481 e. The molecule has 2 atom stereocenters. The molecular formula is C16H16N2O3. The van der Waals surface area contributed by atoms with E-state index in [1.54, 1.807) is 6.20 Å². The molecule has 3 rings (SSSR count). The zero-order valence-electron chi connectivity index (χ0n) is 11.5. The molecule has 1 heterocycles. The van der Waals surface area contributed by atoms with E-state index in [9.17, 15) is 9.59 Å². The predicted octanol–water partition coefficient (Wildman–Crippen LogP) is 2.67. The normalized spacial score (nSPS) is 21.3. The first-order chi connectivity index (χ1) is 10.1. The Morgan fingerprint density at radius 2 is 1.95 bits per heavy atom. The second-order valence-electron chi connectivity index (χ2n) is 5.41. The number of aliphatic carboxylic acids is 1. The molecule has 5 nitrogen and oxygen atoms in total. The van der Waals surface area contributed by atoms with E-state index in [0.717, 1.165) is 16.6 Å². The third-order valence-corrected chi connectivity index (χ3v) is 4.06. The van der Waals surface area contributed by atoms with Gasteiger partial charge in [0.05, 0.1) is 17.1 Å². The first-order valence-electron chi connectivity index (χ1n) is 7.02. The number of carbonyl (C=O) groups excluding carboxylic acids is 1. The molecule has 1 aliphatic rings. The van der Waals surface area contributed by atoms with Gasteiger partial charge in [0.25, 0.3) is 0 Å². The lowest BCUT2D eigenvalue weighted by Crippen LogP contribution is -2.21. The number of carboxylic acid groups (broad SMARTS) is 1. The Hall–Kier alpha value is -2.43. The van der Waals surface area contributed by atoms with Crippen molar-refractivity contribution in [1.82, 2.24) is 4.98 Å². The first-order valence-corrected chi connectivity index (χ1v) is 7.02. The minimum atomic E-state index is -0.806. The van der Waals surface area contributed by atoms with E-state index in [0.29, 0.717) is 19.3 Å². The molecule has 1 aromatic heterocycles. The SMILES string of the molecule is O=C(O)[C@H]1CC[C@@H](C(=O)Nc2cccc3ncccc23)C1. The van der Waals surface area contributed by atoms with E-state index in [4.69, 9.17) is 5.11 Å². The number of hydrogen-bond donors (Lipinski definition) is 2. The molecule has 1 amide bonds. The Balaban J connectivity index is 1.77. The van der Waals surface area contributed by atoms with Crippen LogP contribution in [0.15, 0.2) is 36.5 Å². The summed E-state index contributed by atoms with van der Waals surface area (Å²) in [5.41, 5.74) is 1.55. The molecule has 1 fully saturated rings. The minimum absolute atomic E-state index is 0.102. The van der Waals surface area contributed by atoms with Crippen LogP contribution in [0.25, 0.3) is 10.9 Å². The largest absolute Gasteiger partial charge is 0.481 e. The zero-order valence-corrected chi connectivity index (χ0v) is 11.5. The molecule has 0 spiro atoms. The van der Waals surface area contributed by atoms with E-state index < -0.39 is 11.9 Å². The number of rotatable bonds is 3. The van der Waals surface area contributed by atoms with Crippen molar-refractivity contribution >= 4 is 28.5 Å². The summed E-state index contributed by atoms with van der Waals surface area (Å²) in [7, 11) is 0. The number of nitrogens with one attached hydrogen (secondary N) is 1. The standard InChI is InChI=1S/C16H16N2O3/c19-15(10-6-7-11(9-10)16(20)21)18-14-5-1-4-13-12(14)3-2-8-17-13/h1-5,8,10-11H,6-7,9H2,(H,18,19)(H,20,21)/t10-,11+/m1/s1. The van der Waals surface area contributed by atoms with Crippen LogP contribution in [-0.4, -0.2) is 22.0 Å². The number of amides is 1. The van der Waals surface area contributed by atoms with Gasteiger partial charge in [-0.25, -0.2) is 0 Å². The number of pyridine rings is 1. The second-order valence-corrected chi connectivity index (χ2v) is 5.41. The Kier molecular flexibility index (Phi) is 3.56. The molecule has 108 valence electrons. The van der Waals surface area contributed by atoms with Crippen LogP contribution in [-0.2, 0) is 9.59 Å².